The summed E-state index contributed by atoms with van der Waals surface area (Å²) >= 11 is 9.17. The van der Waals surface area contributed by atoms with Crippen LogP contribution in [0.1, 0.15) is 23.4 Å². The van der Waals surface area contributed by atoms with E-state index >= 15 is 0 Å². The molecule has 0 spiro atoms. The van der Waals surface area contributed by atoms with Crippen LogP contribution >= 0.6 is 27.5 Å². The second-order valence-electron chi connectivity index (χ2n) is 6.60. The van der Waals surface area contributed by atoms with Crippen LogP contribution in [0.3, 0.4) is 0 Å². The maximum Gasteiger partial charge on any atom is 0.283 e. The fourth-order valence-corrected chi connectivity index (χ4v) is 3.81. The minimum Gasteiger partial charge on any atom is -0.339 e. The molecule has 1 saturated heterocycles. The maximum absolute atomic E-state index is 13.9. The molecular weight excluding hydrogens is 461 g/mol. The Kier molecular flexibility index (Phi) is 6.67. The highest BCUT2D eigenvalue weighted by molar-refractivity contribution is 9.10. The first-order valence-electron chi connectivity index (χ1n) is 8.72. The van der Waals surface area contributed by atoms with Crippen molar-refractivity contribution in [3.05, 3.63) is 50.5 Å². The van der Waals surface area contributed by atoms with Gasteiger partial charge in [0.15, 0.2) is 0 Å². The van der Waals surface area contributed by atoms with Crippen molar-refractivity contribution in [2.75, 3.05) is 26.2 Å². The molecule has 5 nitrogen and oxygen atoms in total. The third-order valence-electron chi connectivity index (χ3n) is 4.82. The lowest BCUT2D eigenvalue weighted by atomic mass is 10.2. The van der Waals surface area contributed by atoms with Crippen LogP contribution in [0.25, 0.3) is 0 Å². The second kappa shape index (κ2) is 8.84. The lowest BCUT2D eigenvalue weighted by Crippen LogP contribution is -2.49. The third-order valence-corrected chi connectivity index (χ3v) is 6.15. The zero-order valence-corrected chi connectivity index (χ0v) is 17.5. The summed E-state index contributed by atoms with van der Waals surface area (Å²) in [5, 5.41) is 4.22. The Morgan fingerprint density at radius 1 is 1.29 bits per heavy atom. The number of piperazine rings is 1. The van der Waals surface area contributed by atoms with Crippen molar-refractivity contribution in [1.29, 1.82) is 0 Å². The number of hydrogen-bond acceptors (Lipinski definition) is 3. The number of halogens is 5. The highest BCUT2D eigenvalue weighted by atomic mass is 79.9. The summed E-state index contributed by atoms with van der Waals surface area (Å²) in [6, 6.07) is 4.59. The average molecular weight is 480 g/mol. The zero-order chi connectivity index (χ0) is 20.4. The van der Waals surface area contributed by atoms with Crippen molar-refractivity contribution in [1.82, 2.24) is 19.6 Å². The first kappa shape index (κ1) is 21.1. The quantitative estimate of drug-likeness (QED) is 0.650. The fourth-order valence-electron chi connectivity index (χ4n) is 3.13. The summed E-state index contributed by atoms with van der Waals surface area (Å²) in [7, 11) is 0. The van der Waals surface area contributed by atoms with Crippen molar-refractivity contribution < 1.29 is 18.0 Å². The van der Waals surface area contributed by atoms with E-state index in [0.29, 0.717) is 49.0 Å². The fraction of sp³-hybridized carbons (Fsp3) is 0.444. The van der Waals surface area contributed by atoms with E-state index < -0.39 is 6.43 Å². The largest absolute Gasteiger partial charge is 0.339 e. The lowest BCUT2D eigenvalue weighted by molar-refractivity contribution is -0.133. The SMILES string of the molecule is Cc1c(Br)c(C(F)F)nn1CC(=O)N1CCN(Cc2c(F)cccc2Cl)CC1. The number of alkyl halides is 2. The molecule has 1 aliphatic rings. The van der Waals surface area contributed by atoms with Crippen molar-refractivity contribution >= 4 is 33.4 Å². The molecule has 0 unspecified atom stereocenters. The average Bonchev–Trinajstić information content (AvgIpc) is 2.94. The molecule has 2 aromatic rings. The predicted molar refractivity (Wildman–Crippen MR) is 103 cm³/mol. The summed E-state index contributed by atoms with van der Waals surface area (Å²) in [5.41, 5.74) is 0.564. The number of carbonyl (C=O) groups excluding carboxylic acids is 1. The van der Waals surface area contributed by atoms with Crippen LogP contribution in [0.4, 0.5) is 13.2 Å². The predicted octanol–water partition coefficient (Wildman–Crippen LogP) is 4.03. The Morgan fingerprint density at radius 2 is 1.96 bits per heavy atom. The van der Waals surface area contributed by atoms with E-state index in [-0.39, 0.29) is 28.4 Å². The van der Waals surface area contributed by atoms with Gasteiger partial charge in [0.2, 0.25) is 5.91 Å². The van der Waals surface area contributed by atoms with Gasteiger partial charge in [-0.05, 0) is 35.0 Å². The molecule has 0 aliphatic carbocycles. The van der Waals surface area contributed by atoms with Gasteiger partial charge in [-0.1, -0.05) is 17.7 Å². The number of aromatic nitrogens is 2. The highest BCUT2D eigenvalue weighted by Gasteiger charge is 2.25. The molecule has 0 radical (unpaired) electrons. The van der Waals surface area contributed by atoms with Gasteiger partial charge in [0.25, 0.3) is 6.43 Å². The molecule has 28 heavy (non-hydrogen) atoms. The van der Waals surface area contributed by atoms with Gasteiger partial charge in [-0.3, -0.25) is 14.4 Å². The van der Waals surface area contributed by atoms with Crippen LogP contribution in [-0.4, -0.2) is 51.7 Å². The topological polar surface area (TPSA) is 41.4 Å². The molecule has 10 heteroatoms. The van der Waals surface area contributed by atoms with E-state index in [0.717, 1.165) is 0 Å². The normalized spacial score (nSPS) is 15.5. The number of amides is 1. The summed E-state index contributed by atoms with van der Waals surface area (Å²) in [6.07, 6.45) is -2.71. The van der Waals surface area contributed by atoms with Crippen LogP contribution < -0.4 is 0 Å². The van der Waals surface area contributed by atoms with E-state index in [4.69, 9.17) is 11.6 Å². The van der Waals surface area contributed by atoms with Crippen molar-refractivity contribution in [3.8, 4) is 0 Å². The van der Waals surface area contributed by atoms with Gasteiger partial charge >= 0.3 is 0 Å². The van der Waals surface area contributed by atoms with Crippen molar-refractivity contribution in [2.24, 2.45) is 0 Å². The summed E-state index contributed by atoms with van der Waals surface area (Å²) < 4.78 is 41.4. The first-order chi connectivity index (χ1) is 13.3. The van der Waals surface area contributed by atoms with Crippen LogP contribution in [0.15, 0.2) is 22.7 Å². The lowest BCUT2D eigenvalue weighted by Gasteiger charge is -2.35. The maximum atomic E-state index is 13.9. The molecule has 0 bridgehead atoms. The second-order valence-corrected chi connectivity index (χ2v) is 7.80. The van der Waals surface area contributed by atoms with E-state index in [1.807, 2.05) is 4.90 Å². The summed E-state index contributed by atoms with van der Waals surface area (Å²) in [4.78, 5) is 16.2. The number of rotatable bonds is 5. The van der Waals surface area contributed by atoms with Gasteiger partial charge in [-0.25, -0.2) is 13.2 Å². The Bertz CT molecular complexity index is 849. The number of nitrogens with zero attached hydrogens (tertiary/aromatic N) is 4. The van der Waals surface area contributed by atoms with Gasteiger partial charge in [-0.15, -0.1) is 0 Å². The number of hydrogen-bond donors (Lipinski definition) is 0. The molecule has 2 heterocycles. The Labute approximate surface area is 174 Å². The smallest absolute Gasteiger partial charge is 0.283 e. The van der Waals surface area contributed by atoms with Crippen LogP contribution in [0.2, 0.25) is 5.02 Å². The van der Waals surface area contributed by atoms with Gasteiger partial charge < -0.3 is 4.90 Å². The molecule has 0 atom stereocenters. The van der Waals surface area contributed by atoms with Gasteiger partial charge in [-0.2, -0.15) is 5.10 Å². The van der Waals surface area contributed by atoms with Crippen LogP contribution in [0, 0.1) is 12.7 Å². The van der Waals surface area contributed by atoms with Gasteiger partial charge in [0, 0.05) is 43.3 Å². The molecule has 0 N–H and O–H groups in total. The van der Waals surface area contributed by atoms with Gasteiger partial charge in [0.05, 0.1) is 10.2 Å². The Morgan fingerprint density at radius 3 is 2.54 bits per heavy atom. The third kappa shape index (κ3) is 4.52. The monoisotopic (exact) mass is 478 g/mol. The molecular formula is C18H19BrClF3N4O. The van der Waals surface area contributed by atoms with Crippen molar-refractivity contribution in [2.45, 2.75) is 26.4 Å². The molecule has 1 fully saturated rings. The standard InChI is InChI=1S/C18H19BrClF3N4O/c1-11-16(19)17(18(22)23)24-27(11)10-15(28)26-7-5-25(6-8-26)9-12-13(20)3-2-4-14(12)21/h2-4,18H,5-10H2,1H3. The molecule has 152 valence electrons. The van der Waals surface area contributed by atoms with E-state index in [2.05, 4.69) is 21.0 Å². The van der Waals surface area contributed by atoms with E-state index in [1.54, 1.807) is 24.0 Å². The minimum atomic E-state index is -2.71. The molecule has 1 aliphatic heterocycles. The van der Waals surface area contributed by atoms with Crippen LogP contribution in [0.5, 0.6) is 0 Å². The number of carbonyl (C=O) groups is 1. The van der Waals surface area contributed by atoms with Crippen molar-refractivity contribution in [3.63, 3.8) is 0 Å². The van der Waals surface area contributed by atoms with E-state index in [9.17, 15) is 18.0 Å². The Balaban J connectivity index is 1.58. The van der Waals surface area contributed by atoms with Crippen LogP contribution in [-0.2, 0) is 17.9 Å². The molecule has 1 amide bonds. The summed E-state index contributed by atoms with van der Waals surface area (Å²) in [6.45, 7) is 3.97. The van der Waals surface area contributed by atoms with Gasteiger partial charge in [0.1, 0.15) is 18.1 Å². The Hall–Kier alpha value is -1.58. The molecule has 3 rings (SSSR count). The molecule has 1 aromatic heterocycles. The molecule has 0 saturated carbocycles. The highest BCUT2D eigenvalue weighted by Crippen LogP contribution is 2.29. The first-order valence-corrected chi connectivity index (χ1v) is 9.89. The number of benzene rings is 1. The molecule has 1 aromatic carbocycles. The minimum absolute atomic E-state index is 0.101. The zero-order valence-electron chi connectivity index (χ0n) is 15.1. The summed E-state index contributed by atoms with van der Waals surface area (Å²) in [5.74, 6) is -0.539. The van der Waals surface area contributed by atoms with E-state index in [1.165, 1.54) is 10.7 Å².